The molecule has 2 fully saturated rings. The topological polar surface area (TPSA) is 79.0 Å². The lowest BCUT2D eigenvalue weighted by Crippen LogP contribution is -2.52. The summed E-state index contributed by atoms with van der Waals surface area (Å²) in [5, 5.41) is 3.38. The van der Waals surface area contributed by atoms with Gasteiger partial charge in [0.25, 0.3) is 0 Å². The predicted octanol–water partition coefficient (Wildman–Crippen LogP) is 1.68. The standard InChI is InChI=1S/C18H22ClN3O4/c1-12-9-14(15(26-2)10-13(12)19)20-16(24)18(3-4-18)17(25)22-7-5-21(11-23)6-8-22/h9-11H,3-8H2,1-2H3,(H,20,24). The van der Waals surface area contributed by atoms with Crippen LogP contribution < -0.4 is 10.1 Å². The summed E-state index contributed by atoms with van der Waals surface area (Å²) in [6.45, 7) is 3.74. The SMILES string of the molecule is COc1cc(Cl)c(C)cc1NC(=O)C1(C(=O)N2CCN(C=O)CC2)CC1. The van der Waals surface area contributed by atoms with Crippen LogP contribution in [-0.4, -0.2) is 61.3 Å². The van der Waals surface area contributed by atoms with E-state index < -0.39 is 5.41 Å². The molecule has 26 heavy (non-hydrogen) atoms. The number of methoxy groups -OCH3 is 1. The molecule has 1 aromatic carbocycles. The van der Waals surface area contributed by atoms with E-state index >= 15 is 0 Å². The summed E-state index contributed by atoms with van der Waals surface area (Å²) >= 11 is 6.10. The molecule has 1 aliphatic carbocycles. The lowest BCUT2D eigenvalue weighted by Gasteiger charge is -2.34. The second-order valence-corrected chi connectivity index (χ2v) is 7.18. The van der Waals surface area contributed by atoms with Crippen LogP contribution in [0, 0.1) is 12.3 Å². The van der Waals surface area contributed by atoms with Gasteiger partial charge in [-0.25, -0.2) is 0 Å². The van der Waals surface area contributed by atoms with Crippen molar-refractivity contribution >= 4 is 35.5 Å². The summed E-state index contributed by atoms with van der Waals surface area (Å²) in [5.74, 6) is -0.0256. The van der Waals surface area contributed by atoms with Crippen molar-refractivity contribution in [1.82, 2.24) is 9.80 Å². The first kappa shape index (κ1) is 18.5. The second-order valence-electron chi connectivity index (χ2n) is 6.77. The van der Waals surface area contributed by atoms with Gasteiger partial charge in [0.15, 0.2) is 0 Å². The number of benzene rings is 1. The largest absolute Gasteiger partial charge is 0.495 e. The van der Waals surface area contributed by atoms with E-state index in [0.717, 1.165) is 12.0 Å². The molecule has 0 radical (unpaired) electrons. The molecule has 140 valence electrons. The van der Waals surface area contributed by atoms with E-state index in [1.807, 2.05) is 6.92 Å². The molecule has 1 heterocycles. The molecule has 3 amide bonds. The first-order valence-electron chi connectivity index (χ1n) is 8.55. The van der Waals surface area contributed by atoms with Crippen molar-refractivity contribution in [2.24, 2.45) is 5.41 Å². The number of hydrogen-bond acceptors (Lipinski definition) is 4. The lowest BCUT2D eigenvalue weighted by molar-refractivity contribution is -0.144. The van der Waals surface area contributed by atoms with E-state index in [9.17, 15) is 14.4 Å². The Hall–Kier alpha value is -2.28. The van der Waals surface area contributed by atoms with Gasteiger partial charge in [0.2, 0.25) is 18.2 Å². The molecule has 0 aromatic heterocycles. The number of nitrogens with one attached hydrogen (secondary N) is 1. The van der Waals surface area contributed by atoms with Crippen molar-refractivity contribution in [3.63, 3.8) is 0 Å². The summed E-state index contributed by atoms with van der Waals surface area (Å²) in [4.78, 5) is 39.9. The van der Waals surface area contributed by atoms with Crippen LogP contribution in [0.25, 0.3) is 0 Å². The molecule has 2 aliphatic rings. The highest BCUT2D eigenvalue weighted by Gasteiger charge is 2.58. The van der Waals surface area contributed by atoms with Gasteiger partial charge in [0.1, 0.15) is 11.2 Å². The zero-order valence-electron chi connectivity index (χ0n) is 14.9. The maximum absolute atomic E-state index is 12.9. The summed E-state index contributed by atoms with van der Waals surface area (Å²) in [6.07, 6.45) is 1.84. The summed E-state index contributed by atoms with van der Waals surface area (Å²) in [5.41, 5.74) is 0.301. The van der Waals surface area contributed by atoms with Crippen LogP contribution in [0.2, 0.25) is 5.02 Å². The van der Waals surface area contributed by atoms with Gasteiger partial charge in [-0.05, 0) is 31.4 Å². The summed E-state index contributed by atoms with van der Waals surface area (Å²) < 4.78 is 5.28. The molecule has 0 spiro atoms. The predicted molar refractivity (Wildman–Crippen MR) is 97.3 cm³/mol. The third kappa shape index (κ3) is 3.35. The number of hydrogen-bond donors (Lipinski definition) is 1. The van der Waals surface area contributed by atoms with Gasteiger partial charge in [-0.2, -0.15) is 0 Å². The molecule has 1 aliphatic heterocycles. The number of amides is 3. The minimum absolute atomic E-state index is 0.162. The number of nitrogens with zero attached hydrogens (tertiary/aromatic N) is 2. The molecule has 1 saturated carbocycles. The molecule has 7 nitrogen and oxygen atoms in total. The fourth-order valence-corrected chi connectivity index (χ4v) is 3.32. The summed E-state index contributed by atoms with van der Waals surface area (Å²) in [7, 11) is 1.50. The van der Waals surface area contributed by atoms with Gasteiger partial charge in [-0.3, -0.25) is 14.4 Å². The molecule has 0 unspecified atom stereocenters. The average Bonchev–Trinajstić information content (AvgIpc) is 3.46. The van der Waals surface area contributed by atoms with E-state index in [2.05, 4.69) is 5.32 Å². The number of rotatable bonds is 5. The Bertz CT molecular complexity index is 740. The number of aryl methyl sites for hydroxylation is 1. The number of carbonyl (C=O) groups is 3. The van der Waals surface area contributed by atoms with Crippen LogP contribution in [0.15, 0.2) is 12.1 Å². The zero-order chi connectivity index (χ0) is 18.9. The van der Waals surface area contributed by atoms with E-state index in [0.29, 0.717) is 55.5 Å². The first-order chi connectivity index (χ1) is 12.4. The van der Waals surface area contributed by atoms with Gasteiger partial charge in [0.05, 0.1) is 12.8 Å². The Morgan fingerprint density at radius 2 is 1.88 bits per heavy atom. The number of anilines is 1. The maximum Gasteiger partial charge on any atom is 0.240 e. The molecule has 1 aromatic rings. The van der Waals surface area contributed by atoms with Crippen LogP contribution in [0.1, 0.15) is 18.4 Å². The van der Waals surface area contributed by atoms with Crippen LogP contribution in [0.3, 0.4) is 0 Å². The fraction of sp³-hybridized carbons (Fsp3) is 0.500. The van der Waals surface area contributed by atoms with Crippen molar-refractivity contribution in [2.45, 2.75) is 19.8 Å². The average molecular weight is 380 g/mol. The van der Waals surface area contributed by atoms with Crippen molar-refractivity contribution in [1.29, 1.82) is 0 Å². The molecular formula is C18H22ClN3O4. The third-order valence-electron chi connectivity index (χ3n) is 5.07. The number of carbonyl (C=O) groups excluding carboxylic acids is 3. The highest BCUT2D eigenvalue weighted by molar-refractivity contribution is 6.31. The minimum Gasteiger partial charge on any atom is -0.495 e. The zero-order valence-corrected chi connectivity index (χ0v) is 15.6. The molecule has 0 atom stereocenters. The van der Waals surface area contributed by atoms with Crippen molar-refractivity contribution in [3.05, 3.63) is 22.7 Å². The third-order valence-corrected chi connectivity index (χ3v) is 5.48. The van der Waals surface area contributed by atoms with Crippen LogP contribution in [0.4, 0.5) is 5.69 Å². The van der Waals surface area contributed by atoms with E-state index in [-0.39, 0.29) is 11.8 Å². The smallest absolute Gasteiger partial charge is 0.240 e. The van der Waals surface area contributed by atoms with Gasteiger partial charge >= 0.3 is 0 Å². The van der Waals surface area contributed by atoms with Crippen LogP contribution in [0.5, 0.6) is 5.75 Å². The molecule has 0 bridgehead atoms. The summed E-state index contributed by atoms with van der Waals surface area (Å²) in [6, 6.07) is 3.38. The second kappa shape index (κ2) is 7.15. The minimum atomic E-state index is -1.01. The van der Waals surface area contributed by atoms with Crippen LogP contribution in [-0.2, 0) is 14.4 Å². The normalized spacial score (nSPS) is 18.3. The Balaban J connectivity index is 1.73. The molecule has 1 saturated heterocycles. The maximum atomic E-state index is 12.9. The first-order valence-corrected chi connectivity index (χ1v) is 8.93. The van der Waals surface area contributed by atoms with Gasteiger partial charge in [-0.15, -0.1) is 0 Å². The highest BCUT2D eigenvalue weighted by Crippen LogP contribution is 2.48. The number of piperazine rings is 1. The van der Waals surface area contributed by atoms with Gasteiger partial charge < -0.3 is 19.9 Å². The quantitative estimate of drug-likeness (QED) is 0.623. The van der Waals surface area contributed by atoms with Crippen molar-refractivity contribution < 1.29 is 19.1 Å². The molecule has 3 rings (SSSR count). The molecule has 1 N–H and O–H groups in total. The Morgan fingerprint density at radius 1 is 1.23 bits per heavy atom. The monoisotopic (exact) mass is 379 g/mol. The Morgan fingerprint density at radius 3 is 2.42 bits per heavy atom. The van der Waals surface area contributed by atoms with E-state index in [1.54, 1.807) is 21.9 Å². The lowest BCUT2D eigenvalue weighted by atomic mass is 10.0. The van der Waals surface area contributed by atoms with Gasteiger partial charge in [0, 0.05) is 37.3 Å². The van der Waals surface area contributed by atoms with Crippen LogP contribution >= 0.6 is 11.6 Å². The van der Waals surface area contributed by atoms with E-state index in [1.165, 1.54) is 7.11 Å². The fourth-order valence-electron chi connectivity index (χ4n) is 3.17. The Kier molecular flexibility index (Phi) is 5.09. The molecular weight excluding hydrogens is 358 g/mol. The molecule has 8 heteroatoms. The number of halogens is 1. The highest BCUT2D eigenvalue weighted by atomic mass is 35.5. The van der Waals surface area contributed by atoms with Gasteiger partial charge in [-0.1, -0.05) is 11.6 Å². The van der Waals surface area contributed by atoms with Crippen molar-refractivity contribution in [2.75, 3.05) is 38.6 Å². The van der Waals surface area contributed by atoms with E-state index in [4.69, 9.17) is 16.3 Å². The van der Waals surface area contributed by atoms with Crippen molar-refractivity contribution in [3.8, 4) is 5.75 Å². The Labute approximate surface area is 157 Å². The number of ether oxygens (including phenoxy) is 1.